The molecule has 3 aromatic rings. The standard InChI is InChI=1S/C29H34N2O2/c1-32-25-15-9-14-24(29(25)33-2)20-30-27-23-16-18-31(19-17-23)28(27)26(21-10-5-3-6-11-21)22-12-7-4-8-13-22/h3-15,23,26-28,30H,16-20H2,1-2H3. The lowest BCUT2D eigenvalue weighted by molar-refractivity contribution is 0.00461. The molecule has 0 radical (unpaired) electrons. The third-order valence-electron chi connectivity index (χ3n) is 7.54. The summed E-state index contributed by atoms with van der Waals surface area (Å²) in [6, 6.07) is 29.1. The molecule has 3 heterocycles. The van der Waals surface area contributed by atoms with Gasteiger partial charge in [-0.05, 0) is 49.0 Å². The number of rotatable bonds is 8. The molecule has 6 rings (SSSR count). The fourth-order valence-electron chi connectivity index (χ4n) is 6.02. The number of para-hydroxylation sites is 1. The van der Waals surface area contributed by atoms with Crippen LogP contribution in [0.15, 0.2) is 78.9 Å². The average molecular weight is 443 g/mol. The number of ether oxygens (including phenoxy) is 2. The minimum Gasteiger partial charge on any atom is -0.493 e. The Hall–Kier alpha value is -2.82. The largest absolute Gasteiger partial charge is 0.493 e. The summed E-state index contributed by atoms with van der Waals surface area (Å²) in [6.45, 7) is 3.14. The SMILES string of the molecule is COc1cccc(CNC2C3CCN(CC3)C2C(c2ccccc2)c2ccccc2)c1OC. The Kier molecular flexibility index (Phi) is 6.65. The highest BCUT2D eigenvalue weighted by molar-refractivity contribution is 5.46. The molecular weight excluding hydrogens is 408 g/mol. The van der Waals surface area contributed by atoms with Gasteiger partial charge in [0.15, 0.2) is 11.5 Å². The smallest absolute Gasteiger partial charge is 0.165 e. The maximum atomic E-state index is 5.71. The van der Waals surface area contributed by atoms with Crippen molar-refractivity contribution in [2.45, 2.75) is 37.4 Å². The van der Waals surface area contributed by atoms with E-state index in [4.69, 9.17) is 9.47 Å². The van der Waals surface area contributed by atoms with Crippen LogP contribution >= 0.6 is 0 Å². The fourth-order valence-corrected chi connectivity index (χ4v) is 6.02. The Morgan fingerprint density at radius 3 is 2.03 bits per heavy atom. The van der Waals surface area contributed by atoms with E-state index in [1.807, 2.05) is 12.1 Å². The predicted molar refractivity (Wildman–Crippen MR) is 133 cm³/mol. The maximum Gasteiger partial charge on any atom is 0.165 e. The second kappa shape index (κ2) is 9.98. The van der Waals surface area contributed by atoms with E-state index in [1.54, 1.807) is 14.2 Å². The third-order valence-corrected chi connectivity index (χ3v) is 7.54. The molecule has 0 saturated carbocycles. The van der Waals surface area contributed by atoms with E-state index >= 15 is 0 Å². The number of benzene rings is 3. The normalized spacial score (nSPS) is 24.1. The molecule has 4 heteroatoms. The topological polar surface area (TPSA) is 33.7 Å². The molecule has 3 saturated heterocycles. The van der Waals surface area contributed by atoms with Crippen molar-refractivity contribution in [1.82, 2.24) is 10.2 Å². The van der Waals surface area contributed by atoms with E-state index in [-0.39, 0.29) is 0 Å². The van der Waals surface area contributed by atoms with Crippen LogP contribution in [-0.2, 0) is 6.54 Å². The summed E-state index contributed by atoms with van der Waals surface area (Å²) in [7, 11) is 3.42. The molecule has 33 heavy (non-hydrogen) atoms. The Labute approximate surface area is 197 Å². The van der Waals surface area contributed by atoms with Gasteiger partial charge in [-0.25, -0.2) is 0 Å². The summed E-state index contributed by atoms with van der Waals surface area (Å²) in [5, 5.41) is 3.99. The molecule has 3 aliphatic heterocycles. The molecule has 172 valence electrons. The minimum atomic E-state index is 0.334. The molecule has 3 fully saturated rings. The van der Waals surface area contributed by atoms with Crippen LogP contribution in [0.2, 0.25) is 0 Å². The molecule has 2 bridgehead atoms. The Bertz CT molecular complexity index is 993. The molecule has 4 nitrogen and oxygen atoms in total. The summed E-state index contributed by atoms with van der Waals surface area (Å²) < 4.78 is 11.2. The highest BCUT2D eigenvalue weighted by atomic mass is 16.5. The highest BCUT2D eigenvalue weighted by Gasteiger charge is 2.46. The van der Waals surface area contributed by atoms with Gasteiger partial charge in [-0.1, -0.05) is 72.8 Å². The van der Waals surface area contributed by atoms with Gasteiger partial charge in [-0.15, -0.1) is 0 Å². The lowest BCUT2D eigenvalue weighted by atomic mass is 9.70. The van der Waals surface area contributed by atoms with Crippen LogP contribution in [-0.4, -0.2) is 44.3 Å². The van der Waals surface area contributed by atoms with Crippen LogP contribution in [0.3, 0.4) is 0 Å². The predicted octanol–water partition coefficient (Wildman–Crippen LogP) is 5.09. The van der Waals surface area contributed by atoms with Crippen LogP contribution in [0.1, 0.15) is 35.4 Å². The van der Waals surface area contributed by atoms with Crippen LogP contribution in [0, 0.1) is 5.92 Å². The van der Waals surface area contributed by atoms with Crippen LogP contribution in [0.4, 0.5) is 0 Å². The van der Waals surface area contributed by atoms with Crippen molar-refractivity contribution in [3.8, 4) is 11.5 Å². The quantitative estimate of drug-likeness (QED) is 0.527. The van der Waals surface area contributed by atoms with Crippen LogP contribution in [0.5, 0.6) is 11.5 Å². The van der Waals surface area contributed by atoms with Gasteiger partial charge in [0.2, 0.25) is 0 Å². The van der Waals surface area contributed by atoms with Crippen LogP contribution in [0.25, 0.3) is 0 Å². The van der Waals surface area contributed by atoms with Gasteiger partial charge >= 0.3 is 0 Å². The number of methoxy groups -OCH3 is 2. The summed E-state index contributed by atoms with van der Waals surface area (Å²) >= 11 is 0. The number of fused-ring (bicyclic) bond motifs is 3. The molecule has 0 amide bonds. The molecule has 2 atom stereocenters. The van der Waals surface area contributed by atoms with Crippen molar-refractivity contribution in [1.29, 1.82) is 0 Å². The van der Waals surface area contributed by atoms with Gasteiger partial charge in [-0.2, -0.15) is 0 Å². The van der Waals surface area contributed by atoms with Crippen molar-refractivity contribution in [2.75, 3.05) is 27.3 Å². The molecule has 2 unspecified atom stereocenters. The first-order valence-electron chi connectivity index (χ1n) is 12.1. The number of hydrogen-bond donors (Lipinski definition) is 1. The van der Waals surface area contributed by atoms with Gasteiger partial charge in [0.25, 0.3) is 0 Å². The van der Waals surface area contributed by atoms with E-state index in [1.165, 1.54) is 37.1 Å². The summed E-state index contributed by atoms with van der Waals surface area (Å²) in [5.74, 6) is 2.63. The Morgan fingerprint density at radius 2 is 1.45 bits per heavy atom. The third kappa shape index (κ3) is 4.38. The van der Waals surface area contributed by atoms with Gasteiger partial charge in [0.05, 0.1) is 14.2 Å². The lowest BCUT2D eigenvalue weighted by Crippen LogP contribution is -2.64. The van der Waals surface area contributed by atoms with Crippen molar-refractivity contribution >= 4 is 0 Å². The maximum absolute atomic E-state index is 5.71. The van der Waals surface area contributed by atoms with E-state index < -0.39 is 0 Å². The summed E-state index contributed by atoms with van der Waals surface area (Å²) in [5.41, 5.74) is 3.93. The van der Waals surface area contributed by atoms with Crippen LogP contribution < -0.4 is 14.8 Å². The highest BCUT2D eigenvalue weighted by Crippen LogP contribution is 2.42. The van der Waals surface area contributed by atoms with E-state index in [9.17, 15) is 0 Å². The zero-order valence-corrected chi connectivity index (χ0v) is 19.6. The first-order valence-corrected chi connectivity index (χ1v) is 12.1. The van der Waals surface area contributed by atoms with E-state index in [0.717, 1.165) is 23.6 Å². The number of piperidine rings is 3. The van der Waals surface area contributed by atoms with Crippen molar-refractivity contribution in [3.63, 3.8) is 0 Å². The molecule has 3 aromatic carbocycles. The van der Waals surface area contributed by atoms with E-state index in [2.05, 4.69) is 76.9 Å². The molecule has 3 aliphatic rings. The first kappa shape index (κ1) is 22.0. The lowest BCUT2D eigenvalue weighted by Gasteiger charge is -2.54. The van der Waals surface area contributed by atoms with Crippen molar-refractivity contribution in [2.24, 2.45) is 5.92 Å². The summed E-state index contributed by atoms with van der Waals surface area (Å²) in [4.78, 5) is 2.73. The fraction of sp³-hybridized carbons (Fsp3) is 0.379. The number of nitrogens with one attached hydrogen (secondary N) is 1. The zero-order chi connectivity index (χ0) is 22.6. The van der Waals surface area contributed by atoms with Gasteiger partial charge < -0.3 is 14.8 Å². The van der Waals surface area contributed by atoms with Crippen molar-refractivity contribution in [3.05, 3.63) is 95.6 Å². The summed E-state index contributed by atoms with van der Waals surface area (Å²) in [6.07, 6.45) is 2.53. The minimum absolute atomic E-state index is 0.334. The van der Waals surface area contributed by atoms with Gasteiger partial charge in [0, 0.05) is 30.1 Å². The number of nitrogens with zero attached hydrogens (tertiary/aromatic N) is 1. The Balaban J connectivity index is 1.49. The number of hydrogen-bond acceptors (Lipinski definition) is 4. The second-order valence-electron chi connectivity index (χ2n) is 9.22. The monoisotopic (exact) mass is 442 g/mol. The first-order chi connectivity index (χ1) is 16.3. The molecule has 0 aliphatic carbocycles. The molecule has 1 N–H and O–H groups in total. The molecule has 0 aromatic heterocycles. The average Bonchev–Trinajstić information content (AvgIpc) is 2.89. The Morgan fingerprint density at radius 1 is 0.818 bits per heavy atom. The van der Waals surface area contributed by atoms with Crippen molar-refractivity contribution < 1.29 is 9.47 Å². The van der Waals surface area contributed by atoms with E-state index in [0.29, 0.717) is 23.9 Å². The second-order valence-corrected chi connectivity index (χ2v) is 9.22. The zero-order valence-electron chi connectivity index (χ0n) is 19.6. The van der Waals surface area contributed by atoms with Gasteiger partial charge in [0.1, 0.15) is 0 Å². The van der Waals surface area contributed by atoms with Gasteiger partial charge in [-0.3, -0.25) is 4.90 Å². The molecular formula is C29H34N2O2. The molecule has 0 spiro atoms.